The van der Waals surface area contributed by atoms with Crippen molar-refractivity contribution in [3.8, 4) is 17.1 Å². The fraction of sp³-hybridized carbons (Fsp3) is 0.333. The Kier molecular flexibility index (Phi) is 6.32. The van der Waals surface area contributed by atoms with Crippen LogP contribution in [-0.4, -0.2) is 50.4 Å². The maximum atomic E-state index is 11.7. The second-order valence-electron chi connectivity index (χ2n) is 8.71. The summed E-state index contributed by atoms with van der Waals surface area (Å²) in [6.45, 7) is 7.08. The van der Waals surface area contributed by atoms with Crippen LogP contribution in [-0.2, 0) is 10.2 Å². The molecule has 2 aromatic carbocycles. The van der Waals surface area contributed by atoms with E-state index < -0.39 is 0 Å². The van der Waals surface area contributed by atoms with Gasteiger partial charge in [-0.15, -0.1) is 10.2 Å². The number of amides is 3. The normalized spacial score (nSPS) is 14.2. The Morgan fingerprint density at radius 2 is 1.72 bits per heavy atom. The summed E-state index contributed by atoms with van der Waals surface area (Å²) in [5.74, 6) is 1.33. The standard InChI is InChI=1S/C24H27N5O2S/c1-24(2,3)18-12-10-17(11-13-18)21-26-27-23(29(21)19-8-5-4-6-9-19)32-15-7-14-28-20(30)16-25-22(28)31/h4-6,8-13H,7,14-16H2,1-3H3,(H,25,31). The molecule has 166 valence electrons. The van der Waals surface area contributed by atoms with Gasteiger partial charge in [0.1, 0.15) is 0 Å². The number of nitrogens with zero attached hydrogens (tertiary/aromatic N) is 4. The lowest BCUT2D eigenvalue weighted by atomic mass is 9.87. The van der Waals surface area contributed by atoms with E-state index in [4.69, 9.17) is 0 Å². The molecule has 0 unspecified atom stereocenters. The summed E-state index contributed by atoms with van der Waals surface area (Å²) in [6, 6.07) is 18.2. The van der Waals surface area contributed by atoms with Crippen LogP contribution in [0.3, 0.4) is 0 Å². The zero-order valence-electron chi connectivity index (χ0n) is 18.5. The van der Waals surface area contributed by atoms with Gasteiger partial charge in [0.05, 0.1) is 6.54 Å². The van der Waals surface area contributed by atoms with Crippen molar-refractivity contribution in [2.24, 2.45) is 0 Å². The van der Waals surface area contributed by atoms with Crippen LogP contribution in [0, 0.1) is 0 Å². The second-order valence-corrected chi connectivity index (χ2v) is 9.77. The summed E-state index contributed by atoms with van der Waals surface area (Å²) >= 11 is 1.57. The first-order chi connectivity index (χ1) is 15.3. The summed E-state index contributed by atoms with van der Waals surface area (Å²) in [6.07, 6.45) is 0.682. The molecule has 8 heteroatoms. The molecule has 0 saturated carbocycles. The van der Waals surface area contributed by atoms with Crippen LogP contribution in [0.25, 0.3) is 17.1 Å². The summed E-state index contributed by atoms with van der Waals surface area (Å²) in [7, 11) is 0. The summed E-state index contributed by atoms with van der Waals surface area (Å²) < 4.78 is 2.06. The van der Waals surface area contributed by atoms with E-state index >= 15 is 0 Å². The van der Waals surface area contributed by atoms with Crippen molar-refractivity contribution in [1.29, 1.82) is 0 Å². The third-order valence-electron chi connectivity index (χ3n) is 5.35. The first-order valence-corrected chi connectivity index (χ1v) is 11.7. The lowest BCUT2D eigenvalue weighted by Gasteiger charge is -2.19. The fourth-order valence-electron chi connectivity index (χ4n) is 3.55. The monoisotopic (exact) mass is 449 g/mol. The van der Waals surface area contributed by atoms with Crippen LogP contribution in [0.1, 0.15) is 32.8 Å². The molecule has 0 atom stereocenters. The highest BCUT2D eigenvalue weighted by atomic mass is 32.2. The van der Waals surface area contributed by atoms with Crippen molar-refractivity contribution < 1.29 is 9.59 Å². The van der Waals surface area contributed by atoms with E-state index in [0.717, 1.165) is 22.2 Å². The minimum absolute atomic E-state index is 0.0836. The predicted molar refractivity (Wildman–Crippen MR) is 126 cm³/mol. The summed E-state index contributed by atoms with van der Waals surface area (Å²) in [5.41, 5.74) is 3.34. The molecular formula is C24H27N5O2S. The maximum absolute atomic E-state index is 11.7. The van der Waals surface area contributed by atoms with E-state index in [1.54, 1.807) is 11.8 Å². The Balaban J connectivity index is 1.55. The summed E-state index contributed by atoms with van der Waals surface area (Å²) in [5, 5.41) is 12.3. The number of hydrogen-bond acceptors (Lipinski definition) is 5. The highest BCUT2D eigenvalue weighted by Crippen LogP contribution is 2.30. The molecule has 1 aromatic heterocycles. The highest BCUT2D eigenvalue weighted by Gasteiger charge is 2.27. The van der Waals surface area contributed by atoms with Gasteiger partial charge in [-0.1, -0.05) is 75.0 Å². The topological polar surface area (TPSA) is 80.1 Å². The van der Waals surface area contributed by atoms with Crippen LogP contribution < -0.4 is 5.32 Å². The molecule has 0 bridgehead atoms. The van der Waals surface area contributed by atoms with Gasteiger partial charge in [-0.05, 0) is 29.5 Å². The number of thioether (sulfide) groups is 1. The van der Waals surface area contributed by atoms with E-state index in [1.807, 2.05) is 30.3 Å². The van der Waals surface area contributed by atoms with Gasteiger partial charge in [-0.3, -0.25) is 14.3 Å². The van der Waals surface area contributed by atoms with Gasteiger partial charge in [-0.25, -0.2) is 4.79 Å². The quantitative estimate of drug-likeness (QED) is 0.331. The molecule has 1 N–H and O–H groups in total. The molecule has 4 rings (SSSR count). The first-order valence-electron chi connectivity index (χ1n) is 10.7. The van der Waals surface area contributed by atoms with Gasteiger partial charge in [0.25, 0.3) is 0 Å². The zero-order chi connectivity index (χ0) is 22.7. The van der Waals surface area contributed by atoms with Crippen molar-refractivity contribution in [3.63, 3.8) is 0 Å². The Morgan fingerprint density at radius 1 is 1.00 bits per heavy atom. The number of rotatable bonds is 7. The van der Waals surface area contributed by atoms with Gasteiger partial charge in [-0.2, -0.15) is 0 Å². The number of hydrogen-bond donors (Lipinski definition) is 1. The van der Waals surface area contributed by atoms with Crippen molar-refractivity contribution in [3.05, 3.63) is 60.2 Å². The SMILES string of the molecule is CC(C)(C)c1ccc(-c2nnc(SCCCN3C(=O)CNC3=O)n2-c2ccccc2)cc1. The average molecular weight is 450 g/mol. The minimum Gasteiger partial charge on any atom is -0.329 e. The number of urea groups is 1. The molecule has 7 nitrogen and oxygen atoms in total. The molecule has 2 heterocycles. The van der Waals surface area contributed by atoms with Crippen molar-refractivity contribution in [1.82, 2.24) is 25.0 Å². The number of imide groups is 1. The van der Waals surface area contributed by atoms with Gasteiger partial charge in [0.15, 0.2) is 11.0 Å². The fourth-order valence-corrected chi connectivity index (χ4v) is 4.42. The lowest BCUT2D eigenvalue weighted by molar-refractivity contribution is -0.124. The average Bonchev–Trinajstić information content (AvgIpc) is 3.34. The van der Waals surface area contributed by atoms with E-state index in [1.165, 1.54) is 10.5 Å². The van der Waals surface area contributed by atoms with Crippen LogP contribution in [0.4, 0.5) is 4.79 Å². The second kappa shape index (κ2) is 9.16. The largest absolute Gasteiger partial charge is 0.329 e. The van der Waals surface area contributed by atoms with Crippen LogP contribution >= 0.6 is 11.8 Å². The van der Waals surface area contributed by atoms with Gasteiger partial charge < -0.3 is 5.32 Å². The lowest BCUT2D eigenvalue weighted by Crippen LogP contribution is -2.32. The number of para-hydroxylation sites is 1. The number of benzene rings is 2. The predicted octanol–water partition coefficient (Wildman–Crippen LogP) is 4.27. The van der Waals surface area contributed by atoms with E-state index in [-0.39, 0.29) is 23.9 Å². The molecule has 32 heavy (non-hydrogen) atoms. The van der Waals surface area contributed by atoms with E-state index in [0.29, 0.717) is 18.7 Å². The Hall–Kier alpha value is -3.13. The first kappa shape index (κ1) is 22.1. The van der Waals surface area contributed by atoms with Gasteiger partial charge in [0, 0.05) is 23.5 Å². The van der Waals surface area contributed by atoms with Crippen molar-refractivity contribution in [2.75, 3.05) is 18.8 Å². The molecular weight excluding hydrogens is 422 g/mol. The zero-order valence-corrected chi connectivity index (χ0v) is 19.4. The molecule has 3 aromatic rings. The molecule has 1 fully saturated rings. The maximum Gasteiger partial charge on any atom is 0.324 e. The minimum atomic E-state index is -0.312. The molecule has 0 spiro atoms. The molecule has 0 aliphatic carbocycles. The number of nitrogens with one attached hydrogen (secondary N) is 1. The van der Waals surface area contributed by atoms with Crippen LogP contribution in [0.15, 0.2) is 59.8 Å². The van der Waals surface area contributed by atoms with Crippen molar-refractivity contribution in [2.45, 2.75) is 37.8 Å². The third-order valence-corrected chi connectivity index (χ3v) is 6.37. The smallest absolute Gasteiger partial charge is 0.324 e. The highest BCUT2D eigenvalue weighted by molar-refractivity contribution is 7.99. The third kappa shape index (κ3) is 4.70. The van der Waals surface area contributed by atoms with Crippen LogP contribution in [0.5, 0.6) is 0 Å². The van der Waals surface area contributed by atoms with E-state index in [2.05, 4.69) is 65.1 Å². The molecule has 0 radical (unpaired) electrons. The molecule has 3 amide bonds. The molecule has 1 aliphatic rings. The molecule has 1 aliphatic heterocycles. The van der Waals surface area contributed by atoms with E-state index in [9.17, 15) is 9.59 Å². The Morgan fingerprint density at radius 3 is 2.34 bits per heavy atom. The Labute approximate surface area is 192 Å². The molecule has 1 saturated heterocycles. The number of carbonyl (C=O) groups excluding carboxylic acids is 2. The summed E-state index contributed by atoms with van der Waals surface area (Å²) in [4.78, 5) is 24.7. The van der Waals surface area contributed by atoms with Crippen LogP contribution in [0.2, 0.25) is 0 Å². The van der Waals surface area contributed by atoms with Crippen molar-refractivity contribution >= 4 is 23.7 Å². The van der Waals surface area contributed by atoms with Gasteiger partial charge >= 0.3 is 6.03 Å². The Bertz CT molecular complexity index is 1090. The number of carbonyl (C=O) groups is 2. The number of aromatic nitrogens is 3. The van der Waals surface area contributed by atoms with Gasteiger partial charge in [0.2, 0.25) is 5.91 Å².